The van der Waals surface area contributed by atoms with Crippen molar-refractivity contribution in [2.75, 3.05) is 0 Å². The highest BCUT2D eigenvalue weighted by molar-refractivity contribution is 5.30. The van der Waals surface area contributed by atoms with E-state index in [2.05, 4.69) is 28.4 Å². The summed E-state index contributed by atoms with van der Waals surface area (Å²) in [5, 5.41) is 16.7. The number of nitrogens with one attached hydrogen (secondary N) is 1. The fraction of sp³-hybridized carbons (Fsp3) is 0.357. The molecule has 2 rings (SSSR count). The molecule has 0 unspecified atom stereocenters. The highest BCUT2D eigenvalue weighted by atomic mass is 15.3. The lowest BCUT2D eigenvalue weighted by molar-refractivity contribution is 0.685. The molecule has 0 saturated heterocycles. The Kier molecular flexibility index (Phi) is 4.26. The second kappa shape index (κ2) is 6.12. The number of nitriles is 1. The molecule has 1 N–H and O–H groups in total. The zero-order chi connectivity index (χ0) is 13.7. The van der Waals surface area contributed by atoms with Crippen molar-refractivity contribution >= 4 is 0 Å². The molecule has 0 aliphatic carbocycles. The van der Waals surface area contributed by atoms with E-state index in [9.17, 15) is 0 Å². The van der Waals surface area contributed by atoms with Crippen LogP contribution < -0.4 is 5.32 Å². The summed E-state index contributed by atoms with van der Waals surface area (Å²) in [4.78, 5) is 4.04. The highest BCUT2D eigenvalue weighted by Gasteiger charge is 2.06. The summed E-state index contributed by atoms with van der Waals surface area (Å²) in [7, 11) is 1.93. The molecule has 2 aromatic heterocycles. The zero-order valence-corrected chi connectivity index (χ0v) is 11.2. The van der Waals surface area contributed by atoms with Gasteiger partial charge in [-0.05, 0) is 12.5 Å². The van der Waals surface area contributed by atoms with Gasteiger partial charge in [0.15, 0.2) is 0 Å². The second-order valence-electron chi connectivity index (χ2n) is 4.35. The van der Waals surface area contributed by atoms with Crippen molar-refractivity contribution in [2.24, 2.45) is 7.05 Å². The highest BCUT2D eigenvalue weighted by Crippen LogP contribution is 2.08. The number of nitrogens with zero attached hydrogens (tertiary/aromatic N) is 4. The van der Waals surface area contributed by atoms with Crippen molar-refractivity contribution in [1.82, 2.24) is 20.1 Å². The summed E-state index contributed by atoms with van der Waals surface area (Å²) in [6.07, 6.45) is 4.59. The van der Waals surface area contributed by atoms with Crippen LogP contribution in [0.25, 0.3) is 0 Å². The van der Waals surface area contributed by atoms with Gasteiger partial charge < -0.3 is 5.32 Å². The van der Waals surface area contributed by atoms with Gasteiger partial charge in [0.05, 0.1) is 5.69 Å². The fourth-order valence-electron chi connectivity index (χ4n) is 2.04. The normalized spacial score (nSPS) is 10.4. The van der Waals surface area contributed by atoms with Crippen LogP contribution in [0.5, 0.6) is 0 Å². The van der Waals surface area contributed by atoms with Crippen LogP contribution in [0.2, 0.25) is 0 Å². The molecule has 19 heavy (non-hydrogen) atoms. The zero-order valence-electron chi connectivity index (χ0n) is 11.2. The molecule has 0 aromatic carbocycles. The lowest BCUT2D eigenvalue weighted by atomic mass is 10.2. The fourth-order valence-corrected chi connectivity index (χ4v) is 2.04. The number of rotatable bonds is 5. The van der Waals surface area contributed by atoms with E-state index < -0.39 is 0 Å². The van der Waals surface area contributed by atoms with E-state index in [-0.39, 0.29) is 0 Å². The third kappa shape index (κ3) is 3.18. The van der Waals surface area contributed by atoms with Crippen molar-refractivity contribution in [3.63, 3.8) is 0 Å². The van der Waals surface area contributed by atoms with E-state index in [1.54, 1.807) is 6.20 Å². The molecule has 2 heterocycles. The van der Waals surface area contributed by atoms with Crippen molar-refractivity contribution in [2.45, 2.75) is 26.4 Å². The Labute approximate surface area is 112 Å². The molecular formula is C14H17N5. The van der Waals surface area contributed by atoms with Crippen molar-refractivity contribution in [3.05, 3.63) is 47.0 Å². The van der Waals surface area contributed by atoms with Crippen LogP contribution in [0.1, 0.15) is 29.4 Å². The van der Waals surface area contributed by atoms with E-state index in [4.69, 9.17) is 5.26 Å². The first kappa shape index (κ1) is 13.2. The van der Waals surface area contributed by atoms with Crippen LogP contribution in [0.15, 0.2) is 24.5 Å². The Morgan fingerprint density at radius 2 is 2.16 bits per heavy atom. The number of aryl methyl sites for hydroxylation is 2. The molecule has 0 spiro atoms. The molecule has 0 bridgehead atoms. The van der Waals surface area contributed by atoms with Crippen LogP contribution in [-0.2, 0) is 26.6 Å². The summed E-state index contributed by atoms with van der Waals surface area (Å²) in [5.41, 5.74) is 3.72. The number of hydrogen-bond acceptors (Lipinski definition) is 4. The largest absolute Gasteiger partial charge is 0.308 e. The van der Waals surface area contributed by atoms with Crippen LogP contribution >= 0.6 is 0 Å². The minimum Gasteiger partial charge on any atom is -0.308 e. The Bertz CT molecular complexity index is 594. The molecule has 0 amide bonds. The minimum atomic E-state index is 0.483. The maximum atomic E-state index is 8.97. The van der Waals surface area contributed by atoms with Crippen LogP contribution in [0.4, 0.5) is 0 Å². The molecule has 0 atom stereocenters. The Hall–Kier alpha value is -2.19. The Balaban J connectivity index is 1.98. The maximum absolute atomic E-state index is 8.97. The van der Waals surface area contributed by atoms with Gasteiger partial charge in [-0.1, -0.05) is 13.0 Å². The summed E-state index contributed by atoms with van der Waals surface area (Å²) in [6.45, 7) is 3.48. The monoisotopic (exact) mass is 255 g/mol. The maximum Gasteiger partial charge on any atom is 0.144 e. The molecule has 5 nitrogen and oxygen atoms in total. The molecule has 0 aliphatic heterocycles. The minimum absolute atomic E-state index is 0.483. The molecule has 0 saturated carbocycles. The van der Waals surface area contributed by atoms with Gasteiger partial charge in [-0.25, -0.2) is 4.98 Å². The van der Waals surface area contributed by atoms with Crippen molar-refractivity contribution in [1.29, 1.82) is 5.26 Å². The van der Waals surface area contributed by atoms with Gasteiger partial charge in [0, 0.05) is 43.7 Å². The molecule has 5 heteroatoms. The average molecular weight is 255 g/mol. The Morgan fingerprint density at radius 3 is 2.89 bits per heavy atom. The third-order valence-corrected chi connectivity index (χ3v) is 2.95. The summed E-state index contributed by atoms with van der Waals surface area (Å²) in [5.74, 6) is 0. The Morgan fingerprint density at radius 1 is 1.37 bits per heavy atom. The van der Waals surface area contributed by atoms with E-state index in [0.29, 0.717) is 12.2 Å². The van der Waals surface area contributed by atoms with Crippen molar-refractivity contribution in [3.8, 4) is 6.07 Å². The van der Waals surface area contributed by atoms with Gasteiger partial charge in [-0.15, -0.1) is 0 Å². The van der Waals surface area contributed by atoms with Crippen LogP contribution in [0, 0.1) is 11.3 Å². The predicted octanol–water partition coefficient (Wildman–Crippen LogP) is 1.54. The van der Waals surface area contributed by atoms with Crippen LogP contribution in [0.3, 0.4) is 0 Å². The summed E-state index contributed by atoms with van der Waals surface area (Å²) >= 11 is 0. The lowest BCUT2D eigenvalue weighted by Gasteiger charge is -2.05. The van der Waals surface area contributed by atoms with Crippen LogP contribution in [-0.4, -0.2) is 14.8 Å². The van der Waals surface area contributed by atoms with E-state index >= 15 is 0 Å². The molecule has 98 valence electrons. The molecule has 0 aliphatic rings. The van der Waals surface area contributed by atoms with Crippen molar-refractivity contribution < 1.29 is 0 Å². The van der Waals surface area contributed by atoms with Gasteiger partial charge >= 0.3 is 0 Å². The quantitative estimate of drug-likeness (QED) is 0.880. The molecule has 0 radical (unpaired) electrons. The predicted molar refractivity (Wildman–Crippen MR) is 72.1 cm³/mol. The number of hydrogen-bond donors (Lipinski definition) is 1. The second-order valence-corrected chi connectivity index (χ2v) is 4.35. The van der Waals surface area contributed by atoms with E-state index in [1.807, 2.05) is 30.1 Å². The van der Waals surface area contributed by atoms with Gasteiger partial charge in [-0.3, -0.25) is 4.68 Å². The van der Waals surface area contributed by atoms with Gasteiger partial charge in [0.1, 0.15) is 11.8 Å². The van der Waals surface area contributed by atoms with Gasteiger partial charge in [-0.2, -0.15) is 10.4 Å². The first-order valence-electron chi connectivity index (χ1n) is 6.30. The van der Waals surface area contributed by atoms with Gasteiger partial charge in [0.25, 0.3) is 0 Å². The number of pyridine rings is 1. The summed E-state index contributed by atoms with van der Waals surface area (Å²) in [6, 6.07) is 5.87. The van der Waals surface area contributed by atoms with E-state index in [0.717, 1.165) is 24.2 Å². The number of aromatic nitrogens is 3. The standard InChI is InChI=1S/C14H17N5/c1-3-13-12(10-19(2)18-13)9-16-8-11-5-4-6-17-14(11)7-15/h4-6,10,16H,3,8-9H2,1-2H3. The van der Waals surface area contributed by atoms with E-state index in [1.165, 1.54) is 5.56 Å². The molecule has 0 fully saturated rings. The molecular weight excluding hydrogens is 238 g/mol. The lowest BCUT2D eigenvalue weighted by Crippen LogP contribution is -2.14. The average Bonchev–Trinajstić information content (AvgIpc) is 2.79. The first-order valence-corrected chi connectivity index (χ1v) is 6.30. The molecule has 2 aromatic rings. The third-order valence-electron chi connectivity index (χ3n) is 2.95. The SMILES string of the molecule is CCc1nn(C)cc1CNCc1cccnc1C#N. The summed E-state index contributed by atoms with van der Waals surface area (Å²) < 4.78 is 1.83. The topological polar surface area (TPSA) is 66.5 Å². The van der Waals surface area contributed by atoms with Gasteiger partial charge in [0.2, 0.25) is 0 Å². The first-order chi connectivity index (χ1) is 9.24. The smallest absolute Gasteiger partial charge is 0.144 e.